The average Bonchev–Trinajstić information content (AvgIpc) is 3.24. The first kappa shape index (κ1) is 18.9. The van der Waals surface area contributed by atoms with Crippen molar-refractivity contribution in [3.8, 4) is 0 Å². The molecule has 0 bridgehead atoms. The van der Waals surface area contributed by atoms with Gasteiger partial charge in [0.1, 0.15) is 5.25 Å². The molecule has 4 rings (SSSR count). The van der Waals surface area contributed by atoms with Crippen molar-refractivity contribution in [2.75, 3.05) is 16.2 Å². The summed E-state index contributed by atoms with van der Waals surface area (Å²) in [7, 11) is -3.56. The Morgan fingerprint density at radius 1 is 1.07 bits per heavy atom. The Morgan fingerprint density at radius 3 is 2.43 bits per heavy atom. The van der Waals surface area contributed by atoms with Crippen LogP contribution in [0.4, 0.5) is 11.4 Å². The molecule has 2 unspecified atom stereocenters. The van der Waals surface area contributed by atoms with E-state index in [9.17, 15) is 13.2 Å². The Balaban J connectivity index is 1.55. The van der Waals surface area contributed by atoms with E-state index in [4.69, 9.17) is 0 Å². The highest BCUT2D eigenvalue weighted by Crippen LogP contribution is 2.32. The topological polar surface area (TPSA) is 90.5 Å². The fourth-order valence-electron chi connectivity index (χ4n) is 4.04. The number of benzene rings is 2. The van der Waals surface area contributed by atoms with Crippen LogP contribution in [0.15, 0.2) is 48.5 Å². The maximum absolute atomic E-state index is 12.8. The van der Waals surface area contributed by atoms with Gasteiger partial charge < -0.3 is 4.90 Å². The van der Waals surface area contributed by atoms with Crippen molar-refractivity contribution in [1.82, 2.24) is 10.9 Å². The van der Waals surface area contributed by atoms with E-state index in [0.29, 0.717) is 24.2 Å². The number of nitrogens with one attached hydrogen (secondary N) is 3. The molecule has 2 aromatic rings. The number of carbonyl (C=O) groups excluding carboxylic acids is 1. The minimum atomic E-state index is -3.56. The molecule has 1 amide bonds. The SMILES string of the molecule is CC1NNC(C)C1S(=O)(=O)Nc1ccc2c(c1)CCN2C(=O)c1ccccc1. The fourth-order valence-corrected chi connectivity index (χ4v) is 5.85. The summed E-state index contributed by atoms with van der Waals surface area (Å²) in [5.41, 5.74) is 8.92. The minimum Gasteiger partial charge on any atom is -0.308 e. The van der Waals surface area contributed by atoms with E-state index in [2.05, 4.69) is 15.6 Å². The molecule has 0 aliphatic carbocycles. The molecule has 2 aromatic carbocycles. The number of fused-ring (bicyclic) bond motifs is 1. The monoisotopic (exact) mass is 400 g/mol. The fraction of sp³-hybridized carbons (Fsp3) is 0.350. The third-order valence-corrected chi connectivity index (χ3v) is 7.44. The van der Waals surface area contributed by atoms with Crippen molar-refractivity contribution in [2.24, 2.45) is 0 Å². The maximum Gasteiger partial charge on any atom is 0.258 e. The Labute approximate surface area is 165 Å². The van der Waals surface area contributed by atoms with Crippen LogP contribution in [0.3, 0.4) is 0 Å². The maximum atomic E-state index is 12.8. The number of hydrogen-bond donors (Lipinski definition) is 3. The van der Waals surface area contributed by atoms with Crippen molar-refractivity contribution < 1.29 is 13.2 Å². The summed E-state index contributed by atoms with van der Waals surface area (Å²) < 4.78 is 28.4. The molecule has 148 valence electrons. The zero-order valence-electron chi connectivity index (χ0n) is 15.8. The number of hydrazine groups is 1. The minimum absolute atomic E-state index is 0.0431. The molecule has 28 heavy (non-hydrogen) atoms. The van der Waals surface area contributed by atoms with Crippen LogP contribution in [-0.4, -0.2) is 38.2 Å². The second-order valence-corrected chi connectivity index (χ2v) is 9.23. The molecule has 1 saturated heterocycles. The van der Waals surface area contributed by atoms with Crippen LogP contribution in [0.25, 0.3) is 0 Å². The van der Waals surface area contributed by atoms with Gasteiger partial charge in [0, 0.05) is 35.6 Å². The molecule has 2 atom stereocenters. The molecule has 1 fully saturated rings. The standard InChI is InChI=1S/C20H24N4O3S/c1-13-19(14(2)22-21-13)28(26,27)23-17-8-9-18-16(12-17)10-11-24(18)20(25)15-6-4-3-5-7-15/h3-9,12-14,19,21-23H,10-11H2,1-2H3. The van der Waals surface area contributed by atoms with E-state index in [1.807, 2.05) is 44.2 Å². The van der Waals surface area contributed by atoms with Gasteiger partial charge in [0.15, 0.2) is 0 Å². The van der Waals surface area contributed by atoms with Crippen molar-refractivity contribution >= 4 is 27.3 Å². The Bertz CT molecular complexity index is 984. The van der Waals surface area contributed by atoms with E-state index < -0.39 is 15.3 Å². The van der Waals surface area contributed by atoms with E-state index in [-0.39, 0.29) is 18.0 Å². The molecular weight excluding hydrogens is 376 g/mol. The molecule has 7 nitrogen and oxygen atoms in total. The summed E-state index contributed by atoms with van der Waals surface area (Å²) in [6.07, 6.45) is 0.697. The van der Waals surface area contributed by atoms with Crippen molar-refractivity contribution in [1.29, 1.82) is 0 Å². The largest absolute Gasteiger partial charge is 0.308 e. The number of sulfonamides is 1. The zero-order chi connectivity index (χ0) is 19.9. The molecule has 3 N–H and O–H groups in total. The zero-order valence-corrected chi connectivity index (χ0v) is 16.7. The van der Waals surface area contributed by atoms with Gasteiger partial charge in [-0.25, -0.2) is 8.42 Å². The van der Waals surface area contributed by atoms with Gasteiger partial charge in [-0.05, 0) is 56.2 Å². The normalized spacial score (nSPS) is 24.2. The Kier molecular flexibility index (Phi) is 4.86. The molecule has 0 aromatic heterocycles. The van der Waals surface area contributed by atoms with Gasteiger partial charge in [-0.2, -0.15) is 0 Å². The van der Waals surface area contributed by atoms with Crippen LogP contribution in [0.5, 0.6) is 0 Å². The lowest BCUT2D eigenvalue weighted by atomic mass is 10.1. The average molecular weight is 401 g/mol. The lowest BCUT2D eigenvalue weighted by Crippen LogP contribution is -2.41. The first-order chi connectivity index (χ1) is 13.4. The number of amides is 1. The lowest BCUT2D eigenvalue weighted by molar-refractivity contribution is 0.0989. The summed E-state index contributed by atoms with van der Waals surface area (Å²) in [5.74, 6) is -0.0431. The first-order valence-corrected chi connectivity index (χ1v) is 10.9. The number of carbonyl (C=O) groups is 1. The van der Waals surface area contributed by atoms with Gasteiger partial charge in [0.25, 0.3) is 5.91 Å². The summed E-state index contributed by atoms with van der Waals surface area (Å²) >= 11 is 0. The van der Waals surface area contributed by atoms with Gasteiger partial charge in [-0.15, -0.1) is 0 Å². The van der Waals surface area contributed by atoms with Crippen LogP contribution >= 0.6 is 0 Å². The first-order valence-electron chi connectivity index (χ1n) is 9.39. The molecule has 2 aliphatic rings. The Hall–Kier alpha value is -2.42. The number of nitrogens with zero attached hydrogens (tertiary/aromatic N) is 1. The van der Waals surface area contributed by atoms with E-state index in [1.54, 1.807) is 23.1 Å². The molecule has 8 heteroatoms. The lowest BCUT2D eigenvalue weighted by Gasteiger charge is -2.20. The second-order valence-electron chi connectivity index (χ2n) is 7.39. The predicted molar refractivity (Wildman–Crippen MR) is 110 cm³/mol. The smallest absolute Gasteiger partial charge is 0.258 e. The van der Waals surface area contributed by atoms with Gasteiger partial charge in [-0.1, -0.05) is 18.2 Å². The molecule has 0 radical (unpaired) electrons. The molecule has 0 saturated carbocycles. The summed E-state index contributed by atoms with van der Waals surface area (Å²) in [6, 6.07) is 14.1. The van der Waals surface area contributed by atoms with Crippen LogP contribution < -0.4 is 20.5 Å². The summed E-state index contributed by atoms with van der Waals surface area (Å²) in [6.45, 7) is 4.27. The van der Waals surface area contributed by atoms with E-state index >= 15 is 0 Å². The quantitative estimate of drug-likeness (QED) is 0.729. The van der Waals surface area contributed by atoms with Gasteiger partial charge in [0.05, 0.1) is 0 Å². The highest BCUT2D eigenvalue weighted by molar-refractivity contribution is 7.93. The Morgan fingerprint density at radius 2 is 1.75 bits per heavy atom. The van der Waals surface area contributed by atoms with Gasteiger partial charge in [-0.3, -0.25) is 20.4 Å². The van der Waals surface area contributed by atoms with Crippen molar-refractivity contribution in [2.45, 2.75) is 37.6 Å². The van der Waals surface area contributed by atoms with Crippen LogP contribution in [-0.2, 0) is 16.4 Å². The molecule has 2 aliphatic heterocycles. The summed E-state index contributed by atoms with van der Waals surface area (Å²) in [4.78, 5) is 14.5. The van der Waals surface area contributed by atoms with Crippen molar-refractivity contribution in [3.05, 3.63) is 59.7 Å². The molecular formula is C20H24N4O3S. The van der Waals surface area contributed by atoms with Crippen molar-refractivity contribution in [3.63, 3.8) is 0 Å². The highest BCUT2D eigenvalue weighted by Gasteiger charge is 2.40. The number of rotatable bonds is 4. The molecule has 0 spiro atoms. The predicted octanol–water partition coefficient (Wildman–Crippen LogP) is 1.88. The number of hydrogen-bond acceptors (Lipinski definition) is 5. The van der Waals surface area contributed by atoms with Crippen LogP contribution in [0, 0.1) is 0 Å². The summed E-state index contributed by atoms with van der Waals surface area (Å²) in [5, 5.41) is -0.572. The third kappa shape index (κ3) is 3.39. The van der Waals surface area contributed by atoms with Gasteiger partial charge in [0.2, 0.25) is 10.0 Å². The van der Waals surface area contributed by atoms with E-state index in [1.165, 1.54) is 0 Å². The number of anilines is 2. The van der Waals surface area contributed by atoms with Crippen LogP contribution in [0.2, 0.25) is 0 Å². The van der Waals surface area contributed by atoms with E-state index in [0.717, 1.165) is 11.3 Å². The third-order valence-electron chi connectivity index (χ3n) is 5.38. The highest BCUT2D eigenvalue weighted by atomic mass is 32.2. The second kappa shape index (κ2) is 7.20. The molecule has 2 heterocycles. The van der Waals surface area contributed by atoms with Gasteiger partial charge >= 0.3 is 0 Å². The van der Waals surface area contributed by atoms with Crippen LogP contribution in [0.1, 0.15) is 29.8 Å².